The molecule has 0 radical (unpaired) electrons. The van der Waals surface area contributed by atoms with Gasteiger partial charge in [0.1, 0.15) is 36.1 Å². The van der Waals surface area contributed by atoms with Crippen molar-refractivity contribution >= 4 is 22.2 Å². The fraction of sp³-hybridized carbons (Fsp3) is 0.214. The van der Waals surface area contributed by atoms with Crippen LogP contribution in [0.4, 0.5) is 0 Å². The first-order valence-electron chi connectivity index (χ1n) is 7.60. The molecule has 2 N–H and O–H groups in total. The number of H-pyrrole nitrogens is 1. The molecule has 4 aromatic rings. The highest BCUT2D eigenvalue weighted by atomic mass is 32.1. The van der Waals surface area contributed by atoms with E-state index in [0.717, 1.165) is 4.96 Å². The minimum atomic E-state index is -0.525. The van der Waals surface area contributed by atoms with Gasteiger partial charge in [0.15, 0.2) is 0 Å². The van der Waals surface area contributed by atoms with Crippen LogP contribution in [-0.4, -0.2) is 45.2 Å². The van der Waals surface area contributed by atoms with Crippen molar-refractivity contribution in [2.75, 3.05) is 0 Å². The summed E-state index contributed by atoms with van der Waals surface area (Å²) in [6, 6.07) is -0.384. The predicted molar refractivity (Wildman–Crippen MR) is 90.7 cm³/mol. The van der Waals surface area contributed by atoms with Crippen LogP contribution in [0.25, 0.3) is 4.96 Å². The normalized spacial score (nSPS) is 12.3. The topological polar surface area (TPSA) is 136 Å². The first-order chi connectivity index (χ1) is 12.6. The quantitative estimate of drug-likeness (QED) is 0.504. The molecule has 26 heavy (non-hydrogen) atoms. The summed E-state index contributed by atoms with van der Waals surface area (Å²) in [5, 5.41) is 10.8. The average molecular weight is 371 g/mol. The van der Waals surface area contributed by atoms with E-state index in [2.05, 4.69) is 35.5 Å². The highest BCUT2D eigenvalue weighted by Gasteiger charge is 2.18. The molecule has 1 atom stereocenters. The summed E-state index contributed by atoms with van der Waals surface area (Å²) < 4.78 is 3.15. The number of nitrogens with one attached hydrogen (secondary N) is 2. The van der Waals surface area contributed by atoms with Crippen molar-refractivity contribution < 1.29 is 4.79 Å². The molecule has 0 aliphatic heterocycles. The van der Waals surface area contributed by atoms with E-state index in [-0.39, 0.29) is 18.2 Å². The summed E-state index contributed by atoms with van der Waals surface area (Å²) in [6.07, 6.45) is 5.88. The number of aromatic amines is 1. The van der Waals surface area contributed by atoms with Gasteiger partial charge in [-0.15, -0.1) is 0 Å². The van der Waals surface area contributed by atoms with E-state index in [1.54, 1.807) is 23.1 Å². The van der Waals surface area contributed by atoms with Crippen LogP contribution in [0.2, 0.25) is 0 Å². The molecule has 0 aliphatic carbocycles. The monoisotopic (exact) mass is 371 g/mol. The Labute approximate surface area is 149 Å². The fourth-order valence-electron chi connectivity index (χ4n) is 2.35. The minimum Gasteiger partial charge on any atom is -0.344 e. The largest absolute Gasteiger partial charge is 0.344 e. The van der Waals surface area contributed by atoms with Crippen LogP contribution in [0, 0.1) is 0 Å². The first kappa shape index (κ1) is 16.1. The predicted octanol–water partition coefficient (Wildman–Crippen LogP) is 0.00490. The minimum absolute atomic E-state index is 0.0710. The Kier molecular flexibility index (Phi) is 4.01. The Morgan fingerprint density at radius 2 is 2.31 bits per heavy atom. The molecule has 0 saturated heterocycles. The van der Waals surface area contributed by atoms with Crippen LogP contribution < -0.4 is 10.9 Å². The summed E-state index contributed by atoms with van der Waals surface area (Å²) >= 11 is 1.40. The van der Waals surface area contributed by atoms with E-state index in [1.807, 2.05) is 0 Å². The third-order valence-corrected chi connectivity index (χ3v) is 4.36. The number of aromatic nitrogens is 8. The van der Waals surface area contributed by atoms with Crippen LogP contribution in [0.3, 0.4) is 0 Å². The second-order valence-electron chi connectivity index (χ2n) is 5.49. The van der Waals surface area contributed by atoms with E-state index in [9.17, 15) is 9.59 Å². The first-order valence-corrected chi connectivity index (χ1v) is 8.48. The number of amides is 1. The van der Waals surface area contributed by atoms with Crippen molar-refractivity contribution in [1.29, 1.82) is 0 Å². The van der Waals surface area contributed by atoms with Crippen molar-refractivity contribution in [3.8, 4) is 0 Å². The number of rotatable bonds is 5. The van der Waals surface area contributed by atoms with E-state index in [4.69, 9.17) is 0 Å². The molecule has 1 amide bonds. The summed E-state index contributed by atoms with van der Waals surface area (Å²) in [5.74, 6) is -0.145. The number of carbonyl (C=O) groups excluding carboxylic acids is 1. The van der Waals surface area contributed by atoms with Crippen LogP contribution in [0.1, 0.15) is 34.8 Å². The summed E-state index contributed by atoms with van der Waals surface area (Å²) in [4.78, 5) is 40.2. The molecule has 0 aliphatic rings. The van der Waals surface area contributed by atoms with Crippen molar-refractivity contribution in [3.63, 3.8) is 0 Å². The van der Waals surface area contributed by atoms with Gasteiger partial charge >= 0.3 is 0 Å². The molecule has 132 valence electrons. The number of hydrogen-bond donors (Lipinski definition) is 2. The standard InChI is InChI=1S/C14H13N9O2S/c1-8(10-3-23-14(20-10)26-7-18-23)19-12(24)9-2-16-11(21-13(9)25)4-22-6-15-5-17-22/h2-3,5-8H,4H2,1H3,(H,19,24)(H,16,21,25)/t8-/m0/s1. The van der Waals surface area contributed by atoms with Gasteiger partial charge < -0.3 is 10.3 Å². The Balaban J connectivity index is 1.48. The van der Waals surface area contributed by atoms with E-state index in [0.29, 0.717) is 11.5 Å². The maximum Gasteiger partial charge on any atom is 0.263 e. The van der Waals surface area contributed by atoms with Gasteiger partial charge in [0, 0.05) is 6.20 Å². The van der Waals surface area contributed by atoms with Gasteiger partial charge in [0.25, 0.3) is 11.5 Å². The highest BCUT2D eigenvalue weighted by molar-refractivity contribution is 7.14. The van der Waals surface area contributed by atoms with Gasteiger partial charge in [-0.3, -0.25) is 9.59 Å². The van der Waals surface area contributed by atoms with Crippen LogP contribution in [0.5, 0.6) is 0 Å². The maximum atomic E-state index is 12.4. The highest BCUT2D eigenvalue weighted by Crippen LogP contribution is 2.15. The van der Waals surface area contributed by atoms with Crippen molar-refractivity contribution in [2.45, 2.75) is 19.5 Å². The zero-order valence-corrected chi connectivity index (χ0v) is 14.3. The molecule has 12 heteroatoms. The molecule has 0 unspecified atom stereocenters. The van der Waals surface area contributed by atoms with E-state index >= 15 is 0 Å². The lowest BCUT2D eigenvalue weighted by atomic mass is 10.2. The molecule has 0 saturated carbocycles. The smallest absolute Gasteiger partial charge is 0.263 e. The Hall–Kier alpha value is -3.41. The molecule has 4 heterocycles. The van der Waals surface area contributed by atoms with Crippen molar-refractivity contribution in [2.24, 2.45) is 0 Å². The number of hydrogen-bond acceptors (Lipinski definition) is 8. The maximum absolute atomic E-state index is 12.4. The lowest BCUT2D eigenvalue weighted by Crippen LogP contribution is -2.32. The van der Waals surface area contributed by atoms with E-state index < -0.39 is 11.5 Å². The third kappa shape index (κ3) is 3.09. The van der Waals surface area contributed by atoms with E-state index in [1.165, 1.54) is 34.9 Å². The van der Waals surface area contributed by atoms with Gasteiger partial charge in [-0.1, -0.05) is 11.3 Å². The number of fused-ring (bicyclic) bond motifs is 1. The van der Waals surface area contributed by atoms with Gasteiger partial charge in [-0.05, 0) is 6.92 Å². The van der Waals surface area contributed by atoms with Crippen molar-refractivity contribution in [3.05, 3.63) is 58.0 Å². The Morgan fingerprint density at radius 3 is 3.04 bits per heavy atom. The molecule has 4 rings (SSSR count). The van der Waals surface area contributed by atoms with Gasteiger partial charge in [0.2, 0.25) is 4.96 Å². The Bertz CT molecular complexity index is 1080. The summed E-state index contributed by atoms with van der Waals surface area (Å²) in [6.45, 7) is 2.04. The summed E-state index contributed by atoms with van der Waals surface area (Å²) in [5.41, 5.74) is 1.75. The zero-order chi connectivity index (χ0) is 18.1. The van der Waals surface area contributed by atoms with Gasteiger partial charge in [0.05, 0.1) is 17.9 Å². The van der Waals surface area contributed by atoms with Crippen molar-refractivity contribution in [1.82, 2.24) is 44.6 Å². The second kappa shape index (κ2) is 6.48. The molecular formula is C14H13N9O2S. The number of imidazole rings is 1. The van der Waals surface area contributed by atoms with Gasteiger partial charge in [-0.25, -0.2) is 24.1 Å². The van der Waals surface area contributed by atoms with Crippen LogP contribution >= 0.6 is 11.3 Å². The average Bonchev–Trinajstić information content (AvgIpc) is 3.31. The molecule has 11 nitrogen and oxygen atoms in total. The molecule has 0 spiro atoms. The molecule has 0 aromatic carbocycles. The zero-order valence-electron chi connectivity index (χ0n) is 13.5. The summed E-state index contributed by atoms with van der Waals surface area (Å²) in [7, 11) is 0. The second-order valence-corrected chi connectivity index (χ2v) is 6.30. The lowest BCUT2D eigenvalue weighted by molar-refractivity contribution is 0.0937. The fourth-order valence-corrected chi connectivity index (χ4v) is 2.96. The number of carbonyl (C=O) groups is 1. The van der Waals surface area contributed by atoms with Crippen LogP contribution in [-0.2, 0) is 6.54 Å². The molecule has 0 fully saturated rings. The molecule has 0 bridgehead atoms. The molecular weight excluding hydrogens is 358 g/mol. The third-order valence-electron chi connectivity index (χ3n) is 3.67. The Morgan fingerprint density at radius 1 is 1.42 bits per heavy atom. The number of nitrogens with zero attached hydrogens (tertiary/aromatic N) is 7. The molecule has 4 aromatic heterocycles. The SMILES string of the molecule is C[C@H](NC(=O)c1cnc(Cn2cncn2)[nH]c1=O)c1cn2ncsc2n1. The van der Waals surface area contributed by atoms with Crippen LogP contribution in [0.15, 0.2) is 35.4 Å². The lowest BCUT2D eigenvalue weighted by Gasteiger charge is -2.11. The van der Waals surface area contributed by atoms with Gasteiger partial charge in [-0.2, -0.15) is 10.2 Å².